The average Bonchev–Trinajstić information content (AvgIpc) is 3.54. The normalized spacial score (nSPS) is 24.5. The van der Waals surface area contributed by atoms with E-state index in [4.69, 9.17) is 9.47 Å². The van der Waals surface area contributed by atoms with E-state index in [2.05, 4.69) is 0 Å². The van der Waals surface area contributed by atoms with E-state index in [1.54, 1.807) is 22.7 Å². The van der Waals surface area contributed by atoms with E-state index in [9.17, 15) is 4.79 Å². The van der Waals surface area contributed by atoms with Gasteiger partial charge >= 0.3 is 5.97 Å². The van der Waals surface area contributed by atoms with Crippen LogP contribution in [-0.4, -0.2) is 49.3 Å². The standard InChI is InChI=1S/C26H30NO3S2/c28-26(25(23-9-4-17-31-23)24-10-5-18-32-24)30-22-19-27(14-11-20(22)12-15-27)13-6-16-29-21-7-2-1-3-8-21/h1-5,7-10,17-18,20,22,25H,6,11-16,19H2/q+1. The number of hydrogen-bond acceptors (Lipinski definition) is 5. The Labute approximate surface area is 198 Å². The number of nitrogens with zero attached hydrogens (tertiary/aromatic N) is 1. The second-order valence-electron chi connectivity index (χ2n) is 8.99. The van der Waals surface area contributed by atoms with E-state index in [-0.39, 0.29) is 18.0 Å². The third kappa shape index (κ3) is 4.77. The van der Waals surface area contributed by atoms with Crippen LogP contribution in [-0.2, 0) is 9.53 Å². The Bertz CT molecular complexity index is 945. The Balaban J connectivity index is 1.20. The highest BCUT2D eigenvalue weighted by Gasteiger charge is 2.48. The molecule has 5 heterocycles. The number of para-hydroxylation sites is 1. The molecule has 0 aliphatic carbocycles. The van der Waals surface area contributed by atoms with Crippen molar-refractivity contribution >= 4 is 28.6 Å². The lowest BCUT2D eigenvalue weighted by Crippen LogP contribution is -2.64. The van der Waals surface area contributed by atoms with Gasteiger partial charge in [-0.25, -0.2) is 0 Å². The van der Waals surface area contributed by atoms with Gasteiger partial charge in [0, 0.05) is 34.9 Å². The highest BCUT2D eigenvalue weighted by Crippen LogP contribution is 2.38. The first-order valence-electron chi connectivity index (χ1n) is 11.5. The van der Waals surface area contributed by atoms with Gasteiger partial charge in [0.1, 0.15) is 18.2 Å². The second-order valence-corrected chi connectivity index (χ2v) is 10.9. The number of carbonyl (C=O) groups excluding carboxylic acids is 1. The van der Waals surface area contributed by atoms with Crippen LogP contribution in [0.1, 0.15) is 34.9 Å². The predicted octanol–water partition coefficient (Wildman–Crippen LogP) is 5.56. The van der Waals surface area contributed by atoms with E-state index < -0.39 is 0 Å². The van der Waals surface area contributed by atoms with Gasteiger partial charge in [0.05, 0.1) is 26.2 Å². The minimum Gasteiger partial charge on any atom is -0.493 e. The van der Waals surface area contributed by atoms with Crippen molar-refractivity contribution in [3.63, 3.8) is 0 Å². The molecule has 3 aliphatic heterocycles. The minimum atomic E-state index is -0.293. The van der Waals surface area contributed by atoms with E-state index in [0.717, 1.165) is 58.9 Å². The third-order valence-corrected chi connectivity index (χ3v) is 8.86. The molecule has 2 aromatic heterocycles. The Hall–Kier alpha value is -2.15. The first kappa shape index (κ1) is 21.7. The number of fused-ring (bicyclic) bond motifs is 3. The first-order chi connectivity index (χ1) is 15.7. The summed E-state index contributed by atoms with van der Waals surface area (Å²) in [5.74, 6) is 1.06. The summed E-state index contributed by atoms with van der Waals surface area (Å²) in [6, 6.07) is 18.2. The maximum absolute atomic E-state index is 13.4. The molecule has 6 rings (SSSR count). The summed E-state index contributed by atoms with van der Waals surface area (Å²) in [6.07, 6.45) is 3.36. The fourth-order valence-electron chi connectivity index (χ4n) is 5.28. The van der Waals surface area contributed by atoms with Gasteiger partial charge in [-0.2, -0.15) is 0 Å². The summed E-state index contributed by atoms with van der Waals surface area (Å²) in [4.78, 5) is 15.5. The second kappa shape index (κ2) is 9.77. The maximum atomic E-state index is 13.4. The van der Waals surface area contributed by atoms with Crippen LogP contribution in [0.4, 0.5) is 0 Å². The Morgan fingerprint density at radius 3 is 2.28 bits per heavy atom. The van der Waals surface area contributed by atoms with Crippen LogP contribution in [0.5, 0.6) is 5.75 Å². The third-order valence-electron chi connectivity index (χ3n) is 6.99. The summed E-state index contributed by atoms with van der Waals surface area (Å²) in [6.45, 7) is 5.17. The van der Waals surface area contributed by atoms with Crippen molar-refractivity contribution in [2.75, 3.05) is 32.8 Å². The summed E-state index contributed by atoms with van der Waals surface area (Å²) in [7, 11) is 0. The van der Waals surface area contributed by atoms with E-state index in [1.807, 2.05) is 65.4 Å². The zero-order chi connectivity index (χ0) is 21.8. The molecule has 6 heteroatoms. The zero-order valence-electron chi connectivity index (χ0n) is 18.2. The molecule has 32 heavy (non-hydrogen) atoms. The number of ether oxygens (including phenoxy) is 2. The molecular weight excluding hydrogens is 438 g/mol. The summed E-state index contributed by atoms with van der Waals surface area (Å²) in [5, 5.41) is 4.07. The molecule has 3 saturated heterocycles. The van der Waals surface area contributed by atoms with Gasteiger partial charge in [-0.1, -0.05) is 30.3 Å². The lowest BCUT2D eigenvalue weighted by molar-refractivity contribution is -0.946. The number of esters is 1. The topological polar surface area (TPSA) is 35.5 Å². The van der Waals surface area contributed by atoms with Crippen LogP contribution >= 0.6 is 22.7 Å². The Morgan fingerprint density at radius 1 is 0.969 bits per heavy atom. The molecule has 3 aliphatic rings. The number of quaternary nitrogens is 1. The quantitative estimate of drug-likeness (QED) is 0.234. The van der Waals surface area contributed by atoms with Crippen molar-refractivity contribution in [2.45, 2.75) is 31.3 Å². The molecular formula is C26H30NO3S2+. The van der Waals surface area contributed by atoms with Gasteiger partial charge in [-0.15, -0.1) is 22.7 Å². The fourth-order valence-corrected chi connectivity index (χ4v) is 7.01. The summed E-state index contributed by atoms with van der Waals surface area (Å²) in [5.41, 5.74) is 0. The lowest BCUT2D eigenvalue weighted by Gasteiger charge is -2.52. The van der Waals surface area contributed by atoms with Gasteiger partial charge in [0.15, 0.2) is 6.10 Å². The molecule has 1 unspecified atom stereocenters. The van der Waals surface area contributed by atoms with Crippen molar-refractivity contribution in [1.82, 2.24) is 0 Å². The van der Waals surface area contributed by atoms with Crippen LogP contribution in [0.3, 0.4) is 0 Å². The van der Waals surface area contributed by atoms with Crippen LogP contribution in [0.2, 0.25) is 0 Å². The highest BCUT2D eigenvalue weighted by atomic mass is 32.1. The fraction of sp³-hybridized carbons (Fsp3) is 0.423. The molecule has 1 aromatic carbocycles. The number of thiophene rings is 2. The van der Waals surface area contributed by atoms with Crippen LogP contribution < -0.4 is 4.74 Å². The number of rotatable bonds is 9. The van der Waals surface area contributed by atoms with E-state index in [1.165, 1.54) is 13.1 Å². The monoisotopic (exact) mass is 468 g/mol. The number of carbonyl (C=O) groups is 1. The molecule has 0 spiro atoms. The molecule has 0 N–H and O–H groups in total. The van der Waals surface area contributed by atoms with Crippen LogP contribution in [0.25, 0.3) is 0 Å². The number of hydrogen-bond donors (Lipinski definition) is 0. The molecule has 168 valence electrons. The molecule has 0 saturated carbocycles. The van der Waals surface area contributed by atoms with Crippen molar-refractivity contribution in [3.8, 4) is 5.75 Å². The summed E-state index contributed by atoms with van der Waals surface area (Å²) < 4.78 is 13.2. The Morgan fingerprint density at radius 2 is 1.66 bits per heavy atom. The van der Waals surface area contributed by atoms with Gasteiger partial charge < -0.3 is 14.0 Å². The van der Waals surface area contributed by atoms with Gasteiger partial charge in [0.25, 0.3) is 0 Å². The number of piperidine rings is 3. The first-order valence-corrected chi connectivity index (χ1v) is 13.3. The molecule has 4 nitrogen and oxygen atoms in total. The average molecular weight is 469 g/mol. The van der Waals surface area contributed by atoms with E-state index in [0.29, 0.717) is 5.92 Å². The van der Waals surface area contributed by atoms with Gasteiger partial charge in [-0.3, -0.25) is 4.79 Å². The van der Waals surface area contributed by atoms with E-state index >= 15 is 0 Å². The van der Waals surface area contributed by atoms with Crippen molar-refractivity contribution in [2.24, 2.45) is 5.92 Å². The highest BCUT2D eigenvalue weighted by molar-refractivity contribution is 7.11. The molecule has 3 fully saturated rings. The largest absolute Gasteiger partial charge is 0.493 e. The Kier molecular flexibility index (Phi) is 6.62. The summed E-state index contributed by atoms with van der Waals surface area (Å²) >= 11 is 3.27. The molecule has 0 amide bonds. The number of benzene rings is 1. The molecule has 1 atom stereocenters. The maximum Gasteiger partial charge on any atom is 0.320 e. The lowest BCUT2D eigenvalue weighted by atomic mass is 9.83. The van der Waals surface area contributed by atoms with Crippen LogP contribution in [0.15, 0.2) is 65.4 Å². The van der Waals surface area contributed by atoms with Crippen molar-refractivity contribution < 1.29 is 18.8 Å². The van der Waals surface area contributed by atoms with Crippen LogP contribution in [0, 0.1) is 5.92 Å². The predicted molar refractivity (Wildman–Crippen MR) is 129 cm³/mol. The van der Waals surface area contributed by atoms with Crippen molar-refractivity contribution in [1.29, 1.82) is 0 Å². The van der Waals surface area contributed by atoms with Gasteiger partial charge in [-0.05, 0) is 35.0 Å². The molecule has 0 radical (unpaired) electrons. The van der Waals surface area contributed by atoms with Gasteiger partial charge in [0.2, 0.25) is 0 Å². The minimum absolute atomic E-state index is 0.0301. The smallest absolute Gasteiger partial charge is 0.320 e. The zero-order valence-corrected chi connectivity index (χ0v) is 19.9. The molecule has 3 aromatic rings. The SMILES string of the molecule is O=C(OC1C[N+]2(CCCOc3ccccc3)CCC1CC2)C(c1cccs1)c1cccs1. The molecule has 2 bridgehead atoms. The van der Waals surface area contributed by atoms with Crippen molar-refractivity contribution in [3.05, 3.63) is 75.1 Å².